The fourth-order valence-electron chi connectivity index (χ4n) is 1.66. The van der Waals surface area contributed by atoms with Gasteiger partial charge < -0.3 is 14.6 Å². The lowest BCUT2D eigenvalue weighted by Crippen LogP contribution is -2.34. The number of hydrogen-bond donors (Lipinski definition) is 1. The van der Waals surface area contributed by atoms with Crippen LogP contribution in [0.1, 0.15) is 41.0 Å². The van der Waals surface area contributed by atoms with Gasteiger partial charge in [0.15, 0.2) is 0 Å². The van der Waals surface area contributed by atoms with E-state index in [9.17, 15) is 0 Å². The Morgan fingerprint density at radius 2 is 1.69 bits per heavy atom. The SMILES string of the molecule is CC(C)CC(C)C(C)(C)OCCOCCO. The molecule has 0 heterocycles. The number of aliphatic hydroxyl groups is 1. The van der Waals surface area contributed by atoms with Gasteiger partial charge in [-0.15, -0.1) is 0 Å². The lowest BCUT2D eigenvalue weighted by molar-refractivity contribution is -0.0809. The first kappa shape index (κ1) is 15.9. The van der Waals surface area contributed by atoms with Crippen LogP contribution in [0.3, 0.4) is 0 Å². The van der Waals surface area contributed by atoms with Gasteiger partial charge in [-0.2, -0.15) is 0 Å². The second-order valence-corrected chi connectivity index (χ2v) is 5.32. The maximum Gasteiger partial charge on any atom is 0.0707 e. The molecule has 3 heteroatoms. The predicted molar refractivity (Wildman–Crippen MR) is 66.6 cm³/mol. The third kappa shape index (κ3) is 7.20. The second kappa shape index (κ2) is 8.04. The Bertz CT molecular complexity index is 167. The second-order valence-electron chi connectivity index (χ2n) is 5.32. The van der Waals surface area contributed by atoms with Gasteiger partial charge in [-0.3, -0.25) is 0 Å². The van der Waals surface area contributed by atoms with E-state index in [1.165, 1.54) is 6.42 Å². The van der Waals surface area contributed by atoms with Crippen LogP contribution in [0.25, 0.3) is 0 Å². The summed E-state index contributed by atoms with van der Waals surface area (Å²) < 4.78 is 11.0. The maximum atomic E-state index is 8.55. The highest BCUT2D eigenvalue weighted by molar-refractivity contribution is 4.77. The van der Waals surface area contributed by atoms with E-state index in [0.29, 0.717) is 31.7 Å². The molecule has 0 aliphatic heterocycles. The van der Waals surface area contributed by atoms with Crippen LogP contribution in [0.4, 0.5) is 0 Å². The van der Waals surface area contributed by atoms with Gasteiger partial charge in [-0.05, 0) is 32.1 Å². The van der Waals surface area contributed by atoms with E-state index in [0.717, 1.165) is 0 Å². The molecular weight excluding hydrogens is 204 g/mol. The number of aliphatic hydroxyl groups excluding tert-OH is 1. The van der Waals surface area contributed by atoms with E-state index < -0.39 is 0 Å². The molecule has 0 aliphatic carbocycles. The monoisotopic (exact) mass is 232 g/mol. The molecule has 0 fully saturated rings. The van der Waals surface area contributed by atoms with Crippen LogP contribution in [0.5, 0.6) is 0 Å². The quantitative estimate of drug-likeness (QED) is 0.621. The van der Waals surface area contributed by atoms with Crippen molar-refractivity contribution in [1.29, 1.82) is 0 Å². The number of rotatable bonds is 9. The van der Waals surface area contributed by atoms with Gasteiger partial charge in [-0.1, -0.05) is 20.8 Å². The summed E-state index contributed by atoms with van der Waals surface area (Å²) in [6.07, 6.45) is 1.17. The minimum absolute atomic E-state index is 0.0765. The Morgan fingerprint density at radius 1 is 1.06 bits per heavy atom. The Kier molecular flexibility index (Phi) is 7.98. The summed E-state index contributed by atoms with van der Waals surface area (Å²) in [4.78, 5) is 0. The molecule has 0 aromatic carbocycles. The van der Waals surface area contributed by atoms with E-state index in [1.54, 1.807) is 0 Å². The van der Waals surface area contributed by atoms with Crippen molar-refractivity contribution in [3.05, 3.63) is 0 Å². The molecule has 0 amide bonds. The van der Waals surface area contributed by atoms with Crippen LogP contribution >= 0.6 is 0 Å². The summed E-state index contributed by atoms with van der Waals surface area (Å²) in [5.74, 6) is 1.23. The normalized spacial score (nSPS) is 14.4. The molecule has 0 aromatic heterocycles. The summed E-state index contributed by atoms with van der Waals surface area (Å²) in [6.45, 7) is 12.6. The molecule has 0 spiro atoms. The van der Waals surface area contributed by atoms with Crippen LogP contribution in [0.15, 0.2) is 0 Å². The highest BCUT2D eigenvalue weighted by Gasteiger charge is 2.26. The van der Waals surface area contributed by atoms with E-state index in [4.69, 9.17) is 14.6 Å². The van der Waals surface area contributed by atoms with Crippen LogP contribution in [0.2, 0.25) is 0 Å². The summed E-state index contributed by atoms with van der Waals surface area (Å²) >= 11 is 0. The van der Waals surface area contributed by atoms with E-state index in [2.05, 4.69) is 34.6 Å². The van der Waals surface area contributed by atoms with Gasteiger partial charge in [0.2, 0.25) is 0 Å². The molecule has 3 nitrogen and oxygen atoms in total. The van der Waals surface area contributed by atoms with Crippen molar-refractivity contribution in [3.63, 3.8) is 0 Å². The van der Waals surface area contributed by atoms with Crippen LogP contribution in [-0.2, 0) is 9.47 Å². The topological polar surface area (TPSA) is 38.7 Å². The smallest absolute Gasteiger partial charge is 0.0707 e. The molecule has 0 saturated heterocycles. The Labute approximate surface area is 100 Å². The van der Waals surface area contributed by atoms with E-state index >= 15 is 0 Å². The zero-order valence-corrected chi connectivity index (χ0v) is 11.5. The molecule has 0 aliphatic rings. The maximum absolute atomic E-state index is 8.55. The van der Waals surface area contributed by atoms with Crippen molar-refractivity contribution in [2.24, 2.45) is 11.8 Å². The van der Waals surface area contributed by atoms with E-state index in [-0.39, 0.29) is 12.2 Å². The van der Waals surface area contributed by atoms with Crippen molar-refractivity contribution in [1.82, 2.24) is 0 Å². The van der Waals surface area contributed by atoms with Crippen molar-refractivity contribution >= 4 is 0 Å². The highest BCUT2D eigenvalue weighted by atomic mass is 16.5. The Morgan fingerprint density at radius 3 is 2.19 bits per heavy atom. The summed E-state index contributed by atoms with van der Waals surface area (Å²) in [7, 11) is 0. The average Bonchev–Trinajstić information content (AvgIpc) is 2.16. The third-order valence-electron chi connectivity index (χ3n) is 2.95. The zero-order valence-electron chi connectivity index (χ0n) is 11.5. The number of ether oxygens (including phenoxy) is 2. The standard InChI is InChI=1S/C13H28O3/c1-11(2)10-12(3)13(4,5)16-9-8-15-7-6-14/h11-12,14H,6-10H2,1-5H3. The van der Waals surface area contributed by atoms with Gasteiger partial charge >= 0.3 is 0 Å². The first-order valence-corrected chi connectivity index (χ1v) is 6.22. The minimum atomic E-state index is -0.104. The predicted octanol–water partition coefficient (Wildman–Crippen LogP) is 2.47. The molecule has 0 saturated carbocycles. The number of hydrogen-bond acceptors (Lipinski definition) is 3. The molecule has 0 aromatic rings. The van der Waals surface area contributed by atoms with Gasteiger partial charge in [0, 0.05) is 0 Å². The lowest BCUT2D eigenvalue weighted by Gasteiger charge is -2.33. The van der Waals surface area contributed by atoms with Crippen molar-refractivity contribution < 1.29 is 14.6 Å². The fourth-order valence-corrected chi connectivity index (χ4v) is 1.66. The van der Waals surface area contributed by atoms with Crippen molar-refractivity contribution in [2.75, 3.05) is 26.4 Å². The van der Waals surface area contributed by atoms with Gasteiger partial charge in [0.05, 0.1) is 32.0 Å². The average molecular weight is 232 g/mol. The summed E-state index contributed by atoms with van der Waals surface area (Å²) in [5.41, 5.74) is -0.104. The molecule has 0 bridgehead atoms. The molecule has 0 radical (unpaired) electrons. The van der Waals surface area contributed by atoms with Crippen molar-refractivity contribution in [3.8, 4) is 0 Å². The van der Waals surface area contributed by atoms with Crippen LogP contribution in [-0.4, -0.2) is 37.1 Å². The molecular formula is C13H28O3. The molecule has 1 atom stereocenters. The summed E-state index contributed by atoms with van der Waals surface area (Å²) in [5, 5.41) is 8.55. The van der Waals surface area contributed by atoms with E-state index in [1.807, 2.05) is 0 Å². The largest absolute Gasteiger partial charge is 0.394 e. The van der Waals surface area contributed by atoms with Gasteiger partial charge in [0.1, 0.15) is 0 Å². The summed E-state index contributed by atoms with van der Waals surface area (Å²) in [6, 6.07) is 0. The third-order valence-corrected chi connectivity index (χ3v) is 2.95. The molecule has 1 N–H and O–H groups in total. The van der Waals surface area contributed by atoms with Gasteiger partial charge in [0.25, 0.3) is 0 Å². The molecule has 0 rings (SSSR count). The zero-order chi connectivity index (χ0) is 12.6. The minimum Gasteiger partial charge on any atom is -0.394 e. The Balaban J connectivity index is 3.76. The fraction of sp³-hybridized carbons (Fsp3) is 1.00. The molecule has 16 heavy (non-hydrogen) atoms. The molecule has 1 unspecified atom stereocenters. The van der Waals surface area contributed by atoms with Crippen molar-refractivity contribution in [2.45, 2.75) is 46.6 Å². The lowest BCUT2D eigenvalue weighted by atomic mass is 9.85. The molecule has 98 valence electrons. The first-order valence-electron chi connectivity index (χ1n) is 6.22. The first-order chi connectivity index (χ1) is 7.40. The van der Waals surface area contributed by atoms with Crippen LogP contribution < -0.4 is 0 Å². The highest BCUT2D eigenvalue weighted by Crippen LogP contribution is 2.26. The van der Waals surface area contributed by atoms with Gasteiger partial charge in [-0.25, -0.2) is 0 Å². The van der Waals surface area contributed by atoms with Crippen LogP contribution in [0, 0.1) is 11.8 Å². The Hall–Kier alpha value is -0.120.